The molecule has 5 heteroatoms. The Hall–Kier alpha value is -0.697. The van der Waals surface area contributed by atoms with Crippen molar-refractivity contribution in [1.29, 1.82) is 0 Å². The summed E-state index contributed by atoms with van der Waals surface area (Å²) in [5.74, 6) is -1.66. The number of hydrogen-bond acceptors (Lipinski definition) is 4. The molecule has 0 spiro atoms. The van der Waals surface area contributed by atoms with Crippen LogP contribution in [0.2, 0.25) is 0 Å². The fraction of sp³-hybridized carbons (Fsp3) is 0.667. The van der Waals surface area contributed by atoms with Crippen molar-refractivity contribution >= 4 is 11.9 Å². The number of carboxylic acids is 1. The van der Waals surface area contributed by atoms with E-state index in [1.807, 2.05) is 6.92 Å². The third-order valence-electron chi connectivity index (χ3n) is 2.36. The topological polar surface area (TPSA) is 66.4 Å². The molecule has 1 radical (unpaired) electrons. The quantitative estimate of drug-likeness (QED) is 0.381. The van der Waals surface area contributed by atoms with Crippen LogP contribution in [0, 0.1) is 5.92 Å². The summed E-state index contributed by atoms with van der Waals surface area (Å²) in [6, 6.07) is 0. The third-order valence-corrected chi connectivity index (χ3v) is 2.36. The molecule has 0 bridgehead atoms. The summed E-state index contributed by atoms with van der Waals surface area (Å²) < 4.78 is 4.93. The molecular weight excluding hydrogens is 274 g/mol. The molecule has 0 aliphatic heterocycles. The van der Waals surface area contributed by atoms with Crippen molar-refractivity contribution in [2.24, 2.45) is 5.92 Å². The van der Waals surface area contributed by atoms with Gasteiger partial charge in [0.2, 0.25) is 0 Å². The Morgan fingerprint density at radius 1 is 1.29 bits per heavy atom. The van der Waals surface area contributed by atoms with Crippen LogP contribution in [-0.2, 0) is 33.8 Å². The molecule has 0 aliphatic rings. The normalized spacial score (nSPS) is 11.9. The predicted molar refractivity (Wildman–Crippen MR) is 58.4 cm³/mol. The molecule has 1 atom stereocenters. The minimum Gasteiger partial charge on any atom is -0.545 e. The van der Waals surface area contributed by atoms with E-state index in [0.717, 1.165) is 31.8 Å². The molecule has 1 unspecified atom stereocenters. The number of carbonyl (C=O) groups excluding carboxylic acids is 2. The minimum absolute atomic E-state index is 0. The molecule has 0 aliphatic carbocycles. The summed E-state index contributed by atoms with van der Waals surface area (Å²) in [4.78, 5) is 21.1. The van der Waals surface area contributed by atoms with Crippen LogP contribution in [0.3, 0.4) is 0 Å². The smallest absolute Gasteiger partial charge is 0.545 e. The van der Waals surface area contributed by atoms with Crippen molar-refractivity contribution in [2.75, 3.05) is 6.61 Å². The van der Waals surface area contributed by atoms with Gasteiger partial charge in [-0.25, -0.2) is 4.79 Å². The molecule has 0 heterocycles. The van der Waals surface area contributed by atoms with Gasteiger partial charge < -0.3 is 14.6 Å². The van der Waals surface area contributed by atoms with Crippen molar-refractivity contribution < 1.29 is 38.9 Å². The number of hydrogen-bond donors (Lipinski definition) is 0. The maximum atomic E-state index is 11.0. The number of rotatable bonds is 8. The Balaban J connectivity index is 0. The number of unbranched alkanes of at least 4 members (excludes halogenated alkanes) is 1. The first kappa shape index (κ1) is 18.7. The Morgan fingerprint density at radius 2 is 1.94 bits per heavy atom. The zero-order valence-electron chi connectivity index (χ0n) is 10.6. The molecule has 0 saturated heterocycles. The minimum atomic E-state index is -1.39. The van der Waals surface area contributed by atoms with Gasteiger partial charge in [0.05, 0.1) is 12.6 Å². The van der Waals surface area contributed by atoms with Crippen molar-refractivity contribution in [1.82, 2.24) is 0 Å². The second-order valence-corrected chi connectivity index (χ2v) is 3.70. The number of carboxylic acid groups (broad SMARTS) is 1. The molecule has 93 valence electrons. The summed E-state index contributed by atoms with van der Waals surface area (Å²) in [6.07, 6.45) is 5.78. The Labute approximate surface area is 115 Å². The molecule has 0 saturated carbocycles. The van der Waals surface area contributed by atoms with Crippen LogP contribution in [0.5, 0.6) is 0 Å². The van der Waals surface area contributed by atoms with Crippen LogP contribution < -0.4 is 5.11 Å². The van der Waals surface area contributed by atoms with Crippen LogP contribution >= 0.6 is 0 Å². The van der Waals surface area contributed by atoms with E-state index < -0.39 is 11.9 Å². The van der Waals surface area contributed by atoms with Gasteiger partial charge in [-0.3, -0.25) is 0 Å². The molecule has 0 N–H and O–H groups in total. The van der Waals surface area contributed by atoms with E-state index in [4.69, 9.17) is 4.74 Å². The molecular formula is C12H19O4Zn. The Morgan fingerprint density at radius 3 is 2.41 bits per heavy atom. The van der Waals surface area contributed by atoms with Gasteiger partial charge >= 0.3 is 25.4 Å². The zero-order valence-corrected chi connectivity index (χ0v) is 13.6. The molecule has 0 aromatic carbocycles. The van der Waals surface area contributed by atoms with Gasteiger partial charge in [0, 0.05) is 6.08 Å². The van der Waals surface area contributed by atoms with E-state index in [2.05, 4.69) is 6.92 Å². The van der Waals surface area contributed by atoms with Gasteiger partial charge in [0.1, 0.15) is 0 Å². The van der Waals surface area contributed by atoms with Crippen LogP contribution in [0.4, 0.5) is 0 Å². The van der Waals surface area contributed by atoms with E-state index in [9.17, 15) is 14.7 Å². The van der Waals surface area contributed by atoms with Crippen LogP contribution in [0.1, 0.15) is 39.5 Å². The SMILES string of the molecule is CCCCC(CC)COC(=O)C=CC(=O)[O-].[Zn+]. The zero-order chi connectivity index (χ0) is 12.4. The van der Waals surface area contributed by atoms with Crippen molar-refractivity contribution in [3.05, 3.63) is 12.2 Å². The van der Waals surface area contributed by atoms with Crippen LogP contribution in [0.15, 0.2) is 12.2 Å². The molecule has 0 aromatic rings. The largest absolute Gasteiger partial charge is 1.00 e. The number of ether oxygens (including phenoxy) is 1. The average Bonchev–Trinajstić information content (AvgIpc) is 2.26. The third kappa shape index (κ3) is 11.6. The Kier molecular flexibility index (Phi) is 12.9. The van der Waals surface area contributed by atoms with Gasteiger partial charge in [0.15, 0.2) is 0 Å². The summed E-state index contributed by atoms with van der Waals surface area (Å²) >= 11 is 0. The van der Waals surface area contributed by atoms with Gasteiger partial charge in [-0.1, -0.05) is 33.1 Å². The van der Waals surface area contributed by atoms with Gasteiger partial charge in [-0.2, -0.15) is 0 Å². The molecule has 0 fully saturated rings. The van der Waals surface area contributed by atoms with Crippen molar-refractivity contribution in [3.63, 3.8) is 0 Å². The first-order valence-electron chi connectivity index (χ1n) is 5.65. The van der Waals surface area contributed by atoms with E-state index in [-0.39, 0.29) is 19.5 Å². The van der Waals surface area contributed by atoms with Gasteiger partial charge in [-0.05, 0) is 18.4 Å². The molecule has 0 rings (SSSR count). The average molecular weight is 293 g/mol. The molecule has 4 nitrogen and oxygen atoms in total. The molecule has 0 amide bonds. The summed E-state index contributed by atoms with van der Waals surface area (Å²) in [7, 11) is 0. The van der Waals surface area contributed by atoms with Crippen LogP contribution in [0.25, 0.3) is 0 Å². The van der Waals surface area contributed by atoms with E-state index in [1.165, 1.54) is 0 Å². The summed E-state index contributed by atoms with van der Waals surface area (Å²) in [5.41, 5.74) is 0. The van der Waals surface area contributed by atoms with Gasteiger partial charge in [-0.15, -0.1) is 0 Å². The monoisotopic (exact) mass is 291 g/mol. The standard InChI is InChI=1S/C12H20O4.Zn/c1-3-5-6-10(4-2)9-16-12(15)8-7-11(13)14;/h7-8,10H,3-6,9H2,1-2H3,(H,13,14);/q;+1/p-1. The predicted octanol–water partition coefficient (Wildman–Crippen LogP) is 1.05. The van der Waals surface area contributed by atoms with Crippen molar-refractivity contribution in [2.45, 2.75) is 39.5 Å². The number of esters is 1. The number of aliphatic carboxylic acids is 1. The first-order valence-corrected chi connectivity index (χ1v) is 5.65. The maximum Gasteiger partial charge on any atom is 1.00 e. The fourth-order valence-electron chi connectivity index (χ4n) is 1.28. The summed E-state index contributed by atoms with van der Waals surface area (Å²) in [6.45, 7) is 4.51. The fourth-order valence-corrected chi connectivity index (χ4v) is 1.28. The van der Waals surface area contributed by atoms with E-state index in [0.29, 0.717) is 18.6 Å². The maximum absolute atomic E-state index is 11.0. The van der Waals surface area contributed by atoms with Crippen molar-refractivity contribution in [3.8, 4) is 0 Å². The number of carbonyl (C=O) groups is 2. The first-order chi connectivity index (χ1) is 7.60. The molecule has 0 aromatic heterocycles. The van der Waals surface area contributed by atoms with E-state index >= 15 is 0 Å². The summed E-state index contributed by atoms with van der Waals surface area (Å²) in [5, 5.41) is 10.0. The second-order valence-electron chi connectivity index (χ2n) is 3.70. The Bertz CT molecular complexity index is 251. The second kappa shape index (κ2) is 11.8. The van der Waals surface area contributed by atoms with Gasteiger partial charge in [0.25, 0.3) is 0 Å². The van der Waals surface area contributed by atoms with Crippen LogP contribution in [-0.4, -0.2) is 18.5 Å². The molecule has 17 heavy (non-hydrogen) atoms. The van der Waals surface area contributed by atoms with E-state index in [1.54, 1.807) is 0 Å².